The molecular formula is C18H20FNOS. The molecule has 1 aromatic carbocycles. The highest BCUT2D eigenvalue weighted by Gasteiger charge is 2.42. The van der Waals surface area contributed by atoms with Crippen molar-refractivity contribution in [1.29, 1.82) is 0 Å². The smallest absolute Gasteiger partial charge is 0.230 e. The molecule has 1 fully saturated rings. The predicted molar refractivity (Wildman–Crippen MR) is 87.6 cm³/mol. The lowest BCUT2D eigenvalue weighted by molar-refractivity contribution is -0.126. The van der Waals surface area contributed by atoms with E-state index in [4.69, 9.17) is 0 Å². The second-order valence-electron chi connectivity index (χ2n) is 5.88. The molecule has 2 nitrogen and oxygen atoms in total. The molecule has 0 aliphatic heterocycles. The van der Waals surface area contributed by atoms with Gasteiger partial charge < -0.3 is 5.32 Å². The van der Waals surface area contributed by atoms with E-state index in [9.17, 15) is 9.18 Å². The Bertz CT molecular complexity index is 632. The van der Waals surface area contributed by atoms with Crippen molar-refractivity contribution >= 4 is 17.2 Å². The van der Waals surface area contributed by atoms with Gasteiger partial charge in [0, 0.05) is 11.4 Å². The Kier molecular flexibility index (Phi) is 4.57. The fraction of sp³-hybridized carbons (Fsp3) is 0.389. The summed E-state index contributed by atoms with van der Waals surface area (Å²) in [5.74, 6) is -0.220. The van der Waals surface area contributed by atoms with Crippen molar-refractivity contribution in [2.24, 2.45) is 0 Å². The Morgan fingerprint density at radius 3 is 2.73 bits per heavy atom. The van der Waals surface area contributed by atoms with Crippen LogP contribution in [0, 0.1) is 5.82 Å². The van der Waals surface area contributed by atoms with Gasteiger partial charge in [-0.25, -0.2) is 4.39 Å². The number of hydrogen-bond acceptors (Lipinski definition) is 2. The second kappa shape index (κ2) is 6.61. The third kappa shape index (κ3) is 3.07. The maximum Gasteiger partial charge on any atom is 0.230 e. The molecule has 3 rings (SSSR count). The van der Waals surface area contributed by atoms with Crippen LogP contribution in [-0.4, -0.2) is 12.5 Å². The van der Waals surface area contributed by atoms with E-state index in [1.807, 2.05) is 17.5 Å². The number of rotatable bonds is 5. The molecule has 1 aliphatic carbocycles. The summed E-state index contributed by atoms with van der Waals surface area (Å²) in [6.45, 7) is 0.635. The van der Waals surface area contributed by atoms with E-state index in [1.54, 1.807) is 17.4 Å². The molecule has 0 unspecified atom stereocenters. The van der Waals surface area contributed by atoms with Gasteiger partial charge in [0.2, 0.25) is 5.91 Å². The van der Waals surface area contributed by atoms with Crippen LogP contribution in [0.4, 0.5) is 4.39 Å². The molecule has 1 aromatic heterocycles. The van der Waals surface area contributed by atoms with Crippen molar-refractivity contribution in [3.8, 4) is 0 Å². The van der Waals surface area contributed by atoms with E-state index in [0.717, 1.165) is 37.7 Å². The Morgan fingerprint density at radius 2 is 2.05 bits per heavy atom. The molecule has 0 bridgehead atoms. The number of amides is 1. The fourth-order valence-electron chi connectivity index (χ4n) is 3.33. The van der Waals surface area contributed by atoms with E-state index in [1.165, 1.54) is 17.0 Å². The Balaban J connectivity index is 1.71. The van der Waals surface area contributed by atoms with Gasteiger partial charge in [0.1, 0.15) is 5.82 Å². The maximum absolute atomic E-state index is 13.6. The molecule has 1 amide bonds. The molecule has 1 saturated carbocycles. The summed E-state index contributed by atoms with van der Waals surface area (Å²) in [7, 11) is 0. The summed E-state index contributed by atoms with van der Waals surface area (Å²) >= 11 is 1.70. The Hall–Kier alpha value is -1.68. The highest BCUT2D eigenvalue weighted by atomic mass is 32.1. The van der Waals surface area contributed by atoms with E-state index in [0.29, 0.717) is 6.54 Å². The van der Waals surface area contributed by atoms with Crippen LogP contribution in [0.2, 0.25) is 0 Å². The minimum atomic E-state index is -0.544. The number of nitrogens with one attached hydrogen (secondary N) is 1. The Morgan fingerprint density at radius 1 is 1.23 bits per heavy atom. The first-order chi connectivity index (χ1) is 10.7. The summed E-state index contributed by atoms with van der Waals surface area (Å²) in [6.07, 6.45) is 4.51. The first-order valence-electron chi connectivity index (χ1n) is 7.77. The lowest BCUT2D eigenvalue weighted by atomic mass is 9.78. The molecule has 0 radical (unpaired) electrons. The van der Waals surface area contributed by atoms with Gasteiger partial charge in [-0.15, -0.1) is 11.3 Å². The van der Waals surface area contributed by atoms with Crippen molar-refractivity contribution in [1.82, 2.24) is 5.32 Å². The number of carbonyl (C=O) groups is 1. The number of thiophene rings is 1. The summed E-state index contributed by atoms with van der Waals surface area (Å²) in [5.41, 5.74) is 0.274. The van der Waals surface area contributed by atoms with Crippen LogP contribution in [0.25, 0.3) is 0 Å². The minimum absolute atomic E-state index is 0.0483. The van der Waals surface area contributed by atoms with Crippen LogP contribution in [0.1, 0.15) is 36.1 Å². The zero-order valence-corrected chi connectivity index (χ0v) is 13.3. The number of benzene rings is 1. The minimum Gasteiger partial charge on any atom is -0.355 e. The van der Waals surface area contributed by atoms with Gasteiger partial charge in [0.05, 0.1) is 5.41 Å². The Labute approximate surface area is 134 Å². The average Bonchev–Trinajstić information content (AvgIpc) is 3.19. The van der Waals surface area contributed by atoms with Gasteiger partial charge in [-0.1, -0.05) is 31.0 Å². The SMILES string of the molecule is O=C(NCCc1cccs1)C1(c2cccc(F)c2)CCCC1. The number of halogens is 1. The number of carbonyl (C=O) groups excluding carboxylic acids is 1. The molecule has 0 saturated heterocycles. The van der Waals surface area contributed by atoms with E-state index < -0.39 is 5.41 Å². The molecule has 1 heterocycles. The lowest BCUT2D eigenvalue weighted by Gasteiger charge is -2.28. The normalized spacial score (nSPS) is 16.6. The molecule has 4 heteroatoms. The van der Waals surface area contributed by atoms with Gasteiger partial charge >= 0.3 is 0 Å². The van der Waals surface area contributed by atoms with Crippen molar-refractivity contribution in [3.05, 3.63) is 58.0 Å². The van der Waals surface area contributed by atoms with Gasteiger partial charge in [0.15, 0.2) is 0 Å². The van der Waals surface area contributed by atoms with Crippen molar-refractivity contribution in [3.63, 3.8) is 0 Å². The largest absolute Gasteiger partial charge is 0.355 e. The molecule has 0 spiro atoms. The second-order valence-corrected chi connectivity index (χ2v) is 6.92. The van der Waals surface area contributed by atoms with E-state index >= 15 is 0 Å². The van der Waals surface area contributed by atoms with Crippen LogP contribution < -0.4 is 5.32 Å². The van der Waals surface area contributed by atoms with Crippen molar-refractivity contribution in [2.45, 2.75) is 37.5 Å². The standard InChI is InChI=1S/C18H20FNOS/c19-15-6-3-5-14(13-15)18(9-1-2-10-18)17(21)20-11-8-16-7-4-12-22-16/h3-7,12-13H,1-2,8-11H2,(H,20,21). The zero-order chi connectivity index (χ0) is 15.4. The molecule has 2 aromatic rings. The molecule has 116 valence electrons. The fourth-order valence-corrected chi connectivity index (χ4v) is 4.04. The maximum atomic E-state index is 13.6. The number of hydrogen-bond donors (Lipinski definition) is 1. The highest BCUT2D eigenvalue weighted by molar-refractivity contribution is 7.09. The van der Waals surface area contributed by atoms with Gasteiger partial charge in [-0.2, -0.15) is 0 Å². The van der Waals surface area contributed by atoms with Gasteiger partial charge in [0.25, 0.3) is 0 Å². The zero-order valence-electron chi connectivity index (χ0n) is 12.5. The third-order valence-corrected chi connectivity index (χ3v) is 5.44. The summed E-state index contributed by atoms with van der Waals surface area (Å²) in [4.78, 5) is 14.0. The first-order valence-corrected chi connectivity index (χ1v) is 8.65. The van der Waals surface area contributed by atoms with Crippen molar-refractivity contribution < 1.29 is 9.18 Å². The third-order valence-electron chi connectivity index (χ3n) is 4.51. The average molecular weight is 317 g/mol. The predicted octanol–water partition coefficient (Wildman–Crippen LogP) is 4.06. The van der Waals surface area contributed by atoms with Crippen LogP contribution in [0.15, 0.2) is 41.8 Å². The monoisotopic (exact) mass is 317 g/mol. The molecule has 0 atom stereocenters. The van der Waals surface area contributed by atoms with Crippen LogP contribution >= 0.6 is 11.3 Å². The van der Waals surface area contributed by atoms with Gasteiger partial charge in [-0.05, 0) is 48.4 Å². The summed E-state index contributed by atoms with van der Waals surface area (Å²) in [5, 5.41) is 5.11. The van der Waals surface area contributed by atoms with Crippen molar-refractivity contribution in [2.75, 3.05) is 6.54 Å². The molecule has 1 aliphatic rings. The summed E-state index contributed by atoms with van der Waals surface area (Å²) in [6, 6.07) is 10.6. The van der Waals surface area contributed by atoms with Crippen LogP contribution in [0.3, 0.4) is 0 Å². The summed E-state index contributed by atoms with van der Waals surface area (Å²) < 4.78 is 13.6. The van der Waals surface area contributed by atoms with E-state index in [-0.39, 0.29) is 11.7 Å². The van der Waals surface area contributed by atoms with Crippen LogP contribution in [0.5, 0.6) is 0 Å². The molecule has 1 N–H and O–H groups in total. The van der Waals surface area contributed by atoms with Crippen LogP contribution in [-0.2, 0) is 16.6 Å². The van der Waals surface area contributed by atoms with Gasteiger partial charge in [-0.3, -0.25) is 4.79 Å². The quantitative estimate of drug-likeness (QED) is 0.885. The first kappa shape index (κ1) is 15.2. The molecular weight excluding hydrogens is 297 g/mol. The topological polar surface area (TPSA) is 29.1 Å². The molecule has 22 heavy (non-hydrogen) atoms. The highest BCUT2D eigenvalue weighted by Crippen LogP contribution is 2.41. The van der Waals surface area contributed by atoms with E-state index in [2.05, 4.69) is 11.4 Å². The lowest BCUT2D eigenvalue weighted by Crippen LogP contribution is -2.43.